The number of nitrogens with zero attached hydrogens (tertiary/aromatic N) is 1. The van der Waals surface area contributed by atoms with Crippen molar-refractivity contribution in [1.29, 1.82) is 0 Å². The molecule has 0 saturated carbocycles. The zero-order chi connectivity index (χ0) is 22.1. The number of carbonyl (C=O) groups is 1. The number of aliphatic hydroxyl groups is 1. The predicted octanol–water partition coefficient (Wildman–Crippen LogP) is 3.49. The summed E-state index contributed by atoms with van der Waals surface area (Å²) < 4.78 is 32.8. The van der Waals surface area contributed by atoms with Gasteiger partial charge in [-0.15, -0.1) is 0 Å². The fourth-order valence-corrected chi connectivity index (χ4v) is 5.59. The highest BCUT2D eigenvalue weighted by molar-refractivity contribution is 7.90. The molecule has 0 radical (unpaired) electrons. The average molecular weight is 469 g/mol. The Kier molecular flexibility index (Phi) is 6.66. The van der Waals surface area contributed by atoms with Crippen LogP contribution in [0.2, 0.25) is 5.02 Å². The van der Waals surface area contributed by atoms with E-state index in [0.29, 0.717) is 17.7 Å². The molecule has 2 heterocycles. The summed E-state index contributed by atoms with van der Waals surface area (Å²) in [6.45, 7) is 5.26. The molecule has 10 heteroatoms. The van der Waals surface area contributed by atoms with Crippen molar-refractivity contribution in [3.8, 4) is 0 Å². The van der Waals surface area contributed by atoms with E-state index in [9.17, 15) is 18.3 Å². The van der Waals surface area contributed by atoms with Gasteiger partial charge in [-0.25, -0.2) is 13.1 Å². The lowest BCUT2D eigenvalue weighted by Gasteiger charge is -2.20. The molecule has 0 aliphatic heterocycles. The third-order valence-electron chi connectivity index (χ3n) is 4.72. The Hall–Kier alpha value is -2.20. The molecule has 0 fully saturated rings. The largest absolute Gasteiger partial charge is 0.396 e. The van der Waals surface area contributed by atoms with Crippen LogP contribution in [0.25, 0.3) is 0 Å². The maximum atomic E-state index is 13.3. The highest BCUT2D eigenvalue weighted by Gasteiger charge is 2.35. The van der Waals surface area contributed by atoms with Gasteiger partial charge in [-0.3, -0.25) is 4.79 Å². The van der Waals surface area contributed by atoms with Crippen LogP contribution in [0.4, 0.5) is 0 Å². The molecular weight excluding hydrogens is 448 g/mol. The molecule has 0 spiro atoms. The van der Waals surface area contributed by atoms with Crippen LogP contribution in [-0.4, -0.2) is 31.2 Å². The Morgan fingerprint density at radius 3 is 2.47 bits per heavy atom. The van der Waals surface area contributed by atoms with Gasteiger partial charge >= 0.3 is 0 Å². The molecule has 0 aliphatic rings. The smallest absolute Gasteiger partial charge is 0.264 e. The zero-order valence-corrected chi connectivity index (χ0v) is 19.0. The number of halogens is 1. The summed E-state index contributed by atoms with van der Waals surface area (Å²) in [7, 11) is -4.05. The molecule has 1 amide bonds. The molecule has 0 bridgehead atoms. The van der Waals surface area contributed by atoms with Gasteiger partial charge in [0, 0.05) is 12.0 Å². The number of aryl methyl sites for hydroxylation is 3. The van der Waals surface area contributed by atoms with E-state index in [1.807, 2.05) is 26.0 Å². The Morgan fingerprint density at radius 2 is 1.97 bits per heavy atom. The number of benzene rings is 1. The first-order chi connectivity index (χ1) is 14.2. The van der Waals surface area contributed by atoms with Gasteiger partial charge in [-0.05, 0) is 60.9 Å². The second-order valence-corrected chi connectivity index (χ2v) is 9.77. The lowest BCUT2D eigenvalue weighted by Crippen LogP contribution is -2.35. The van der Waals surface area contributed by atoms with Gasteiger partial charge in [0.2, 0.25) is 5.91 Å². The van der Waals surface area contributed by atoms with Crippen LogP contribution in [0, 0.1) is 20.8 Å². The number of rotatable bonds is 7. The standard InChI is InChI=1S/C20H21ClN2O5S2/c1-11-8-14(4-6-24)9-12(2)16(11)17(19-18(21)13(3)22-28-19)20(25)23-30(26,27)15-5-7-29-10-15/h5,7-10,17,24H,4,6H2,1-3H3,(H,23,25). The Balaban J connectivity index is 2.11. The maximum Gasteiger partial charge on any atom is 0.264 e. The second-order valence-electron chi connectivity index (χ2n) is 6.92. The molecule has 1 atom stereocenters. The summed E-state index contributed by atoms with van der Waals surface area (Å²) in [5, 5.41) is 16.3. The fraction of sp³-hybridized carbons (Fsp3) is 0.300. The van der Waals surface area contributed by atoms with Crippen molar-refractivity contribution in [2.24, 2.45) is 0 Å². The minimum Gasteiger partial charge on any atom is -0.396 e. The van der Waals surface area contributed by atoms with E-state index in [1.54, 1.807) is 12.3 Å². The van der Waals surface area contributed by atoms with Crippen LogP contribution in [-0.2, 0) is 21.2 Å². The van der Waals surface area contributed by atoms with E-state index in [4.69, 9.17) is 16.1 Å². The van der Waals surface area contributed by atoms with Crippen molar-refractivity contribution in [1.82, 2.24) is 9.88 Å². The number of sulfonamides is 1. The SMILES string of the molecule is Cc1cc(CCO)cc(C)c1C(C(=O)NS(=O)(=O)c1ccsc1)c1onc(C)c1Cl. The van der Waals surface area contributed by atoms with Crippen molar-refractivity contribution < 1.29 is 22.8 Å². The number of hydrogen-bond acceptors (Lipinski definition) is 7. The van der Waals surface area contributed by atoms with Crippen molar-refractivity contribution in [2.75, 3.05) is 6.61 Å². The van der Waals surface area contributed by atoms with Crippen LogP contribution >= 0.6 is 22.9 Å². The number of thiophene rings is 1. The number of nitrogens with one attached hydrogen (secondary N) is 1. The fourth-order valence-electron chi connectivity index (χ4n) is 3.39. The third kappa shape index (κ3) is 4.44. The van der Waals surface area contributed by atoms with Crippen molar-refractivity contribution in [3.05, 3.63) is 67.7 Å². The minimum absolute atomic E-state index is 0.00573. The van der Waals surface area contributed by atoms with Gasteiger partial charge in [-0.1, -0.05) is 28.9 Å². The van der Waals surface area contributed by atoms with Crippen LogP contribution in [0.15, 0.2) is 38.4 Å². The average Bonchev–Trinajstić information content (AvgIpc) is 3.30. The molecule has 30 heavy (non-hydrogen) atoms. The molecule has 1 unspecified atom stereocenters. The van der Waals surface area contributed by atoms with Crippen LogP contribution in [0.1, 0.15) is 39.6 Å². The van der Waals surface area contributed by atoms with Crippen LogP contribution < -0.4 is 4.72 Å². The first-order valence-electron chi connectivity index (χ1n) is 9.07. The number of amides is 1. The lowest BCUT2D eigenvalue weighted by atomic mass is 9.86. The lowest BCUT2D eigenvalue weighted by molar-refractivity contribution is -0.120. The highest BCUT2D eigenvalue weighted by Crippen LogP contribution is 2.36. The molecule has 2 aromatic heterocycles. The van der Waals surface area contributed by atoms with E-state index in [1.165, 1.54) is 22.8 Å². The number of hydrogen-bond donors (Lipinski definition) is 2. The topological polar surface area (TPSA) is 110 Å². The number of carbonyl (C=O) groups excluding carboxylic acids is 1. The summed E-state index contributed by atoms with van der Waals surface area (Å²) in [6, 6.07) is 5.12. The summed E-state index contributed by atoms with van der Waals surface area (Å²) in [6.07, 6.45) is 0.466. The van der Waals surface area contributed by atoms with Crippen molar-refractivity contribution >= 4 is 38.9 Å². The van der Waals surface area contributed by atoms with Gasteiger partial charge in [0.15, 0.2) is 5.76 Å². The predicted molar refractivity (Wildman–Crippen MR) is 114 cm³/mol. The first kappa shape index (κ1) is 22.5. The second kappa shape index (κ2) is 8.89. The van der Waals surface area contributed by atoms with Crippen molar-refractivity contribution in [2.45, 2.75) is 38.0 Å². The van der Waals surface area contributed by atoms with E-state index in [-0.39, 0.29) is 22.3 Å². The molecule has 160 valence electrons. The van der Waals surface area contributed by atoms with Gasteiger partial charge in [-0.2, -0.15) is 11.3 Å². The van der Waals surface area contributed by atoms with Gasteiger partial charge in [0.05, 0.1) is 10.6 Å². The van der Waals surface area contributed by atoms with Gasteiger partial charge in [0.1, 0.15) is 10.9 Å². The maximum absolute atomic E-state index is 13.3. The monoisotopic (exact) mass is 468 g/mol. The number of aromatic nitrogens is 1. The van der Waals surface area contributed by atoms with Crippen LogP contribution in [0.3, 0.4) is 0 Å². The van der Waals surface area contributed by atoms with E-state index in [2.05, 4.69) is 9.88 Å². The molecule has 0 saturated heterocycles. The molecule has 7 nitrogen and oxygen atoms in total. The van der Waals surface area contributed by atoms with E-state index < -0.39 is 21.8 Å². The van der Waals surface area contributed by atoms with E-state index >= 15 is 0 Å². The molecular formula is C20H21ClN2O5S2. The van der Waals surface area contributed by atoms with Crippen LogP contribution in [0.5, 0.6) is 0 Å². The Morgan fingerprint density at radius 1 is 1.30 bits per heavy atom. The summed E-state index contributed by atoms with van der Waals surface area (Å²) in [5.41, 5.74) is 3.37. The van der Waals surface area contributed by atoms with Gasteiger partial charge < -0.3 is 9.63 Å². The molecule has 3 rings (SSSR count). The van der Waals surface area contributed by atoms with Gasteiger partial charge in [0.25, 0.3) is 10.0 Å². The summed E-state index contributed by atoms with van der Waals surface area (Å²) in [5.74, 6) is -1.83. The summed E-state index contributed by atoms with van der Waals surface area (Å²) >= 11 is 7.55. The number of aliphatic hydroxyl groups excluding tert-OH is 1. The molecule has 2 N–H and O–H groups in total. The summed E-state index contributed by atoms with van der Waals surface area (Å²) in [4.78, 5) is 13.3. The molecule has 3 aromatic rings. The van der Waals surface area contributed by atoms with E-state index in [0.717, 1.165) is 16.7 Å². The molecule has 0 aliphatic carbocycles. The normalized spacial score (nSPS) is 12.7. The Labute approximate surface area is 183 Å². The zero-order valence-electron chi connectivity index (χ0n) is 16.6. The first-order valence-corrected chi connectivity index (χ1v) is 11.9. The quantitative estimate of drug-likeness (QED) is 0.549. The highest BCUT2D eigenvalue weighted by atomic mass is 35.5. The molecule has 1 aromatic carbocycles. The van der Waals surface area contributed by atoms with Crippen molar-refractivity contribution in [3.63, 3.8) is 0 Å². The third-order valence-corrected chi connectivity index (χ3v) is 7.36. The minimum atomic E-state index is -4.05. The Bertz CT molecular complexity index is 1150.